The first-order chi connectivity index (χ1) is 5.61. The van der Waals surface area contributed by atoms with Gasteiger partial charge < -0.3 is 11.1 Å². The van der Waals surface area contributed by atoms with Gasteiger partial charge in [0, 0.05) is 28.9 Å². The van der Waals surface area contributed by atoms with E-state index in [1.54, 1.807) is 0 Å². The molecule has 0 radical (unpaired) electrons. The summed E-state index contributed by atoms with van der Waals surface area (Å²) in [5.41, 5.74) is 9.46. The lowest BCUT2D eigenvalue weighted by atomic mass is 9.86. The van der Waals surface area contributed by atoms with Crippen LogP contribution in [0.4, 0.5) is 11.4 Å². The SMILES string of the molecule is CC1(C)CNc2cccc(N)c21.Cl.Cl. The fourth-order valence-electron chi connectivity index (χ4n) is 1.88. The van der Waals surface area contributed by atoms with Gasteiger partial charge in [0.1, 0.15) is 0 Å². The zero-order chi connectivity index (χ0) is 8.77. The molecule has 14 heavy (non-hydrogen) atoms. The Kier molecular flexibility index (Phi) is 4.10. The van der Waals surface area contributed by atoms with Gasteiger partial charge in [-0.05, 0) is 12.1 Å². The maximum absolute atomic E-state index is 5.91. The Morgan fingerprint density at radius 1 is 1.29 bits per heavy atom. The van der Waals surface area contributed by atoms with Gasteiger partial charge in [0.15, 0.2) is 0 Å². The monoisotopic (exact) mass is 234 g/mol. The minimum absolute atomic E-state index is 0. The Morgan fingerprint density at radius 2 is 1.93 bits per heavy atom. The number of nitrogens with one attached hydrogen (secondary N) is 1. The van der Waals surface area contributed by atoms with Crippen molar-refractivity contribution in [1.29, 1.82) is 0 Å². The summed E-state index contributed by atoms with van der Waals surface area (Å²) in [5.74, 6) is 0. The first-order valence-corrected chi connectivity index (χ1v) is 4.24. The van der Waals surface area contributed by atoms with Crippen molar-refractivity contribution in [2.75, 3.05) is 17.6 Å². The van der Waals surface area contributed by atoms with E-state index in [4.69, 9.17) is 5.73 Å². The summed E-state index contributed by atoms with van der Waals surface area (Å²) in [6, 6.07) is 6.04. The van der Waals surface area contributed by atoms with E-state index in [-0.39, 0.29) is 30.2 Å². The number of anilines is 2. The van der Waals surface area contributed by atoms with Crippen molar-refractivity contribution >= 4 is 36.2 Å². The molecular weight excluding hydrogens is 219 g/mol. The Balaban J connectivity index is 0.000000845. The average molecular weight is 235 g/mol. The first-order valence-electron chi connectivity index (χ1n) is 4.24. The summed E-state index contributed by atoms with van der Waals surface area (Å²) in [6.45, 7) is 5.40. The van der Waals surface area contributed by atoms with E-state index in [1.165, 1.54) is 11.3 Å². The van der Waals surface area contributed by atoms with Crippen LogP contribution >= 0.6 is 24.8 Å². The Labute approximate surface area is 97.1 Å². The summed E-state index contributed by atoms with van der Waals surface area (Å²) in [7, 11) is 0. The number of hydrogen-bond donors (Lipinski definition) is 2. The van der Waals surface area contributed by atoms with Crippen LogP contribution in [0.3, 0.4) is 0 Å². The highest BCUT2D eigenvalue weighted by Crippen LogP contribution is 2.39. The molecule has 0 saturated heterocycles. The van der Waals surface area contributed by atoms with Crippen LogP contribution in [0, 0.1) is 0 Å². The predicted molar refractivity (Wildman–Crippen MR) is 66.9 cm³/mol. The number of hydrogen-bond acceptors (Lipinski definition) is 2. The van der Waals surface area contributed by atoms with Crippen molar-refractivity contribution < 1.29 is 0 Å². The van der Waals surface area contributed by atoms with Gasteiger partial charge in [-0.25, -0.2) is 0 Å². The lowest BCUT2D eigenvalue weighted by Gasteiger charge is -2.18. The van der Waals surface area contributed by atoms with Crippen molar-refractivity contribution in [2.24, 2.45) is 0 Å². The van der Waals surface area contributed by atoms with E-state index in [9.17, 15) is 0 Å². The van der Waals surface area contributed by atoms with Crippen LogP contribution in [0.15, 0.2) is 18.2 Å². The molecule has 0 bridgehead atoms. The molecule has 0 aliphatic carbocycles. The minimum Gasteiger partial charge on any atom is -0.398 e. The van der Waals surface area contributed by atoms with E-state index in [2.05, 4.69) is 25.2 Å². The molecule has 0 unspecified atom stereocenters. The van der Waals surface area contributed by atoms with E-state index >= 15 is 0 Å². The molecular formula is C10H16Cl2N2. The van der Waals surface area contributed by atoms with Gasteiger partial charge in [0.25, 0.3) is 0 Å². The fourth-order valence-corrected chi connectivity index (χ4v) is 1.88. The van der Waals surface area contributed by atoms with Crippen molar-refractivity contribution in [3.63, 3.8) is 0 Å². The Bertz CT molecular complexity index is 324. The minimum atomic E-state index is 0. The van der Waals surface area contributed by atoms with Crippen molar-refractivity contribution in [3.05, 3.63) is 23.8 Å². The van der Waals surface area contributed by atoms with E-state index < -0.39 is 0 Å². The second kappa shape index (κ2) is 4.28. The second-order valence-corrected chi connectivity index (χ2v) is 4.01. The Morgan fingerprint density at radius 3 is 2.50 bits per heavy atom. The third kappa shape index (κ3) is 1.91. The van der Waals surface area contributed by atoms with Gasteiger partial charge in [-0.3, -0.25) is 0 Å². The summed E-state index contributed by atoms with van der Waals surface area (Å²) >= 11 is 0. The van der Waals surface area contributed by atoms with Gasteiger partial charge in [-0.15, -0.1) is 24.8 Å². The summed E-state index contributed by atoms with van der Waals surface area (Å²) in [6.07, 6.45) is 0. The van der Waals surface area contributed by atoms with Crippen LogP contribution in [-0.4, -0.2) is 6.54 Å². The smallest absolute Gasteiger partial charge is 0.0399 e. The van der Waals surface area contributed by atoms with Gasteiger partial charge in [-0.2, -0.15) is 0 Å². The van der Waals surface area contributed by atoms with Gasteiger partial charge >= 0.3 is 0 Å². The van der Waals surface area contributed by atoms with E-state index in [1.807, 2.05) is 12.1 Å². The highest BCUT2D eigenvalue weighted by atomic mass is 35.5. The Hall–Kier alpha value is -0.600. The third-order valence-corrected chi connectivity index (χ3v) is 2.49. The van der Waals surface area contributed by atoms with Crippen molar-refractivity contribution in [3.8, 4) is 0 Å². The molecule has 1 aliphatic rings. The number of fused-ring (bicyclic) bond motifs is 1. The largest absolute Gasteiger partial charge is 0.398 e. The molecule has 2 rings (SSSR count). The summed E-state index contributed by atoms with van der Waals surface area (Å²) < 4.78 is 0. The number of halogens is 2. The van der Waals surface area contributed by atoms with Crippen LogP contribution in [0.25, 0.3) is 0 Å². The molecule has 0 fully saturated rings. The molecule has 4 heteroatoms. The number of nitrogen functional groups attached to an aromatic ring is 1. The average Bonchev–Trinajstić information content (AvgIpc) is 2.29. The molecule has 80 valence electrons. The predicted octanol–water partition coefficient (Wildman–Crippen LogP) is 2.82. The van der Waals surface area contributed by atoms with E-state index in [0.29, 0.717) is 0 Å². The van der Waals surface area contributed by atoms with Gasteiger partial charge in [0.2, 0.25) is 0 Å². The van der Waals surface area contributed by atoms with Crippen LogP contribution in [0.1, 0.15) is 19.4 Å². The quantitative estimate of drug-likeness (QED) is 0.678. The number of benzene rings is 1. The molecule has 1 heterocycles. The van der Waals surface area contributed by atoms with Crippen molar-refractivity contribution in [1.82, 2.24) is 0 Å². The molecule has 0 amide bonds. The molecule has 0 aromatic heterocycles. The number of rotatable bonds is 0. The normalized spacial score (nSPS) is 15.9. The standard InChI is InChI=1S/C10H14N2.2ClH/c1-10(2)6-12-8-5-3-4-7(11)9(8)10;;/h3-5,12H,6,11H2,1-2H3;2*1H. The summed E-state index contributed by atoms with van der Waals surface area (Å²) in [5, 5.41) is 3.35. The molecule has 1 aromatic rings. The molecule has 2 nitrogen and oxygen atoms in total. The molecule has 3 N–H and O–H groups in total. The van der Waals surface area contributed by atoms with Crippen LogP contribution in [0.5, 0.6) is 0 Å². The topological polar surface area (TPSA) is 38.0 Å². The zero-order valence-corrected chi connectivity index (χ0v) is 9.97. The molecule has 0 atom stereocenters. The zero-order valence-electron chi connectivity index (χ0n) is 8.33. The number of nitrogens with two attached hydrogens (primary N) is 1. The lowest BCUT2D eigenvalue weighted by molar-refractivity contribution is 0.588. The first kappa shape index (κ1) is 13.4. The van der Waals surface area contributed by atoms with Crippen LogP contribution in [0.2, 0.25) is 0 Å². The molecule has 0 saturated carbocycles. The van der Waals surface area contributed by atoms with Crippen LogP contribution < -0.4 is 11.1 Å². The molecule has 1 aromatic carbocycles. The van der Waals surface area contributed by atoms with Crippen LogP contribution in [-0.2, 0) is 5.41 Å². The maximum atomic E-state index is 5.91. The highest BCUT2D eigenvalue weighted by molar-refractivity contribution is 5.85. The molecule has 1 aliphatic heterocycles. The summed E-state index contributed by atoms with van der Waals surface area (Å²) in [4.78, 5) is 0. The van der Waals surface area contributed by atoms with Gasteiger partial charge in [0.05, 0.1) is 0 Å². The highest BCUT2D eigenvalue weighted by Gasteiger charge is 2.31. The van der Waals surface area contributed by atoms with E-state index in [0.717, 1.165) is 12.2 Å². The van der Waals surface area contributed by atoms with Crippen molar-refractivity contribution in [2.45, 2.75) is 19.3 Å². The third-order valence-electron chi connectivity index (χ3n) is 2.49. The maximum Gasteiger partial charge on any atom is 0.0399 e. The van der Waals surface area contributed by atoms with Gasteiger partial charge in [-0.1, -0.05) is 19.9 Å². The molecule has 0 spiro atoms. The fraction of sp³-hybridized carbons (Fsp3) is 0.400. The second-order valence-electron chi connectivity index (χ2n) is 4.01. The lowest BCUT2D eigenvalue weighted by Crippen LogP contribution is -2.20.